The van der Waals surface area contributed by atoms with Gasteiger partial charge in [0.25, 0.3) is 0 Å². The zero-order chi connectivity index (χ0) is 20.9. The van der Waals surface area contributed by atoms with Crippen LogP contribution < -0.4 is 0 Å². The summed E-state index contributed by atoms with van der Waals surface area (Å²) < 4.78 is 20.1. The number of halogens is 1. The number of aliphatic hydroxyl groups is 1. The SMILES string of the molecule is CCC(C1=CCC(C)(Cc2cncc(C(O)OC)c2)C(F)=C1)N(CC)C(C)=O. The molecule has 0 bridgehead atoms. The first-order valence-electron chi connectivity index (χ1n) is 9.75. The minimum absolute atomic E-state index is 0.00279. The van der Waals surface area contributed by atoms with Gasteiger partial charge in [0.1, 0.15) is 5.83 Å². The third kappa shape index (κ3) is 4.86. The quantitative estimate of drug-likeness (QED) is 0.679. The summed E-state index contributed by atoms with van der Waals surface area (Å²) in [6.07, 6.45) is 7.54. The summed E-state index contributed by atoms with van der Waals surface area (Å²) in [5, 5.41) is 9.83. The molecule has 1 aromatic rings. The van der Waals surface area contributed by atoms with Crippen LogP contribution in [0.2, 0.25) is 0 Å². The molecule has 0 aromatic carbocycles. The van der Waals surface area contributed by atoms with Crippen LogP contribution in [0.5, 0.6) is 0 Å². The average molecular weight is 390 g/mol. The number of hydrogen-bond donors (Lipinski definition) is 1. The highest BCUT2D eigenvalue weighted by atomic mass is 19.1. The summed E-state index contributed by atoms with van der Waals surface area (Å²) in [6.45, 7) is 7.97. The van der Waals surface area contributed by atoms with E-state index in [0.717, 1.165) is 17.6 Å². The van der Waals surface area contributed by atoms with Gasteiger partial charge in [-0.2, -0.15) is 0 Å². The molecule has 6 heteroatoms. The van der Waals surface area contributed by atoms with Gasteiger partial charge in [-0.1, -0.05) is 19.9 Å². The van der Waals surface area contributed by atoms with E-state index < -0.39 is 11.7 Å². The Labute approximate surface area is 166 Å². The molecule has 154 valence electrons. The zero-order valence-electron chi connectivity index (χ0n) is 17.4. The van der Waals surface area contributed by atoms with Crippen LogP contribution in [0, 0.1) is 5.41 Å². The van der Waals surface area contributed by atoms with E-state index >= 15 is 4.39 Å². The van der Waals surface area contributed by atoms with Crippen LogP contribution in [0.25, 0.3) is 0 Å². The van der Waals surface area contributed by atoms with Crippen LogP contribution in [0.4, 0.5) is 4.39 Å². The van der Waals surface area contributed by atoms with Crippen molar-refractivity contribution in [2.45, 2.75) is 59.3 Å². The molecule has 1 aliphatic rings. The fourth-order valence-electron chi connectivity index (χ4n) is 3.83. The third-order valence-corrected chi connectivity index (χ3v) is 5.47. The van der Waals surface area contributed by atoms with Gasteiger partial charge < -0.3 is 14.7 Å². The number of methoxy groups -OCH3 is 1. The van der Waals surface area contributed by atoms with E-state index in [1.165, 1.54) is 13.3 Å². The van der Waals surface area contributed by atoms with Crippen LogP contribution in [0.3, 0.4) is 0 Å². The number of rotatable bonds is 8. The summed E-state index contributed by atoms with van der Waals surface area (Å²) in [4.78, 5) is 17.8. The van der Waals surface area contributed by atoms with Crippen molar-refractivity contribution in [2.75, 3.05) is 13.7 Å². The normalized spacial score (nSPS) is 21.5. The number of carbonyl (C=O) groups excluding carboxylic acids is 1. The van der Waals surface area contributed by atoms with Gasteiger partial charge in [-0.05, 0) is 49.5 Å². The number of likely N-dealkylation sites (N-methyl/N-ethyl adjacent to an activating group) is 1. The first-order valence-corrected chi connectivity index (χ1v) is 9.75. The molecule has 1 aliphatic carbocycles. The maximum atomic E-state index is 15.2. The highest BCUT2D eigenvalue weighted by Crippen LogP contribution is 2.41. The molecule has 2 rings (SSSR count). The van der Waals surface area contributed by atoms with Crippen molar-refractivity contribution in [1.82, 2.24) is 9.88 Å². The predicted molar refractivity (Wildman–Crippen MR) is 107 cm³/mol. The summed E-state index contributed by atoms with van der Waals surface area (Å²) in [5.41, 5.74) is 1.55. The Morgan fingerprint density at radius 2 is 2.14 bits per heavy atom. The Balaban J connectivity index is 2.22. The van der Waals surface area contributed by atoms with Crippen molar-refractivity contribution in [3.8, 4) is 0 Å². The lowest BCUT2D eigenvalue weighted by molar-refractivity contribution is -0.130. The Morgan fingerprint density at radius 1 is 1.43 bits per heavy atom. The standard InChI is InChI=1S/C22H31FN2O3/c1-6-19(25(7-2)15(3)26)17-8-9-22(4,20(23)11-17)12-16-10-18(14-24-13-16)21(27)28-5/h8,10-11,13-14,19,21,27H,6-7,9,12H2,1-5H3. The molecule has 5 nitrogen and oxygen atoms in total. The largest absolute Gasteiger partial charge is 0.364 e. The van der Waals surface area contributed by atoms with Crippen molar-refractivity contribution in [3.05, 3.63) is 53.1 Å². The lowest BCUT2D eigenvalue weighted by Gasteiger charge is -2.35. The van der Waals surface area contributed by atoms with Crippen LogP contribution in [-0.4, -0.2) is 40.6 Å². The number of hydrogen-bond acceptors (Lipinski definition) is 4. The fourth-order valence-corrected chi connectivity index (χ4v) is 3.83. The molecule has 28 heavy (non-hydrogen) atoms. The molecular formula is C22H31FN2O3. The van der Waals surface area contributed by atoms with Gasteiger partial charge in [0.05, 0.1) is 6.04 Å². The van der Waals surface area contributed by atoms with Gasteiger partial charge in [-0.25, -0.2) is 4.39 Å². The van der Waals surface area contributed by atoms with Crippen LogP contribution >= 0.6 is 0 Å². The number of carbonyl (C=O) groups is 1. The smallest absolute Gasteiger partial charge is 0.219 e. The summed E-state index contributed by atoms with van der Waals surface area (Å²) >= 11 is 0. The molecule has 1 aromatic heterocycles. The van der Waals surface area contributed by atoms with E-state index in [0.29, 0.717) is 24.9 Å². The monoisotopic (exact) mass is 390 g/mol. The first-order chi connectivity index (χ1) is 13.3. The molecule has 0 aliphatic heterocycles. The molecule has 1 N–H and O–H groups in total. The van der Waals surface area contributed by atoms with E-state index in [1.807, 2.05) is 26.8 Å². The number of ether oxygens (including phenoxy) is 1. The molecule has 0 spiro atoms. The van der Waals surface area contributed by atoms with Crippen molar-refractivity contribution in [2.24, 2.45) is 5.41 Å². The van der Waals surface area contributed by atoms with Gasteiger partial charge in [0.2, 0.25) is 5.91 Å². The van der Waals surface area contributed by atoms with Crippen molar-refractivity contribution < 1.29 is 19.0 Å². The third-order valence-electron chi connectivity index (χ3n) is 5.47. The van der Waals surface area contributed by atoms with Crippen LogP contribution in [-0.2, 0) is 16.0 Å². The minimum Gasteiger partial charge on any atom is -0.364 e. The number of pyridine rings is 1. The second-order valence-corrected chi connectivity index (χ2v) is 7.58. The van der Waals surface area contributed by atoms with E-state index in [-0.39, 0.29) is 17.8 Å². The Bertz CT molecular complexity index is 762. The highest BCUT2D eigenvalue weighted by molar-refractivity contribution is 5.74. The Hall–Kier alpha value is -2.05. The molecular weight excluding hydrogens is 359 g/mol. The lowest BCUT2D eigenvalue weighted by atomic mass is 9.75. The molecule has 3 unspecified atom stereocenters. The van der Waals surface area contributed by atoms with Gasteiger partial charge in [0, 0.05) is 44.0 Å². The Morgan fingerprint density at radius 3 is 2.68 bits per heavy atom. The topological polar surface area (TPSA) is 62.7 Å². The zero-order valence-corrected chi connectivity index (χ0v) is 17.4. The van der Waals surface area contributed by atoms with E-state index in [4.69, 9.17) is 4.74 Å². The first kappa shape index (κ1) is 22.2. The van der Waals surface area contributed by atoms with E-state index in [1.54, 1.807) is 30.2 Å². The molecule has 1 amide bonds. The van der Waals surface area contributed by atoms with E-state index in [9.17, 15) is 9.90 Å². The molecule has 0 saturated carbocycles. The number of amides is 1. The fraction of sp³-hybridized carbons (Fsp3) is 0.545. The minimum atomic E-state index is -1.05. The maximum absolute atomic E-state index is 15.2. The summed E-state index contributed by atoms with van der Waals surface area (Å²) in [5.74, 6) is -0.197. The van der Waals surface area contributed by atoms with Gasteiger partial charge in [0.15, 0.2) is 6.29 Å². The molecule has 0 radical (unpaired) electrons. The number of aromatic nitrogens is 1. The van der Waals surface area contributed by atoms with Gasteiger partial charge in [-0.15, -0.1) is 0 Å². The van der Waals surface area contributed by atoms with Gasteiger partial charge >= 0.3 is 0 Å². The van der Waals surface area contributed by atoms with Crippen LogP contribution in [0.15, 0.2) is 42.0 Å². The summed E-state index contributed by atoms with van der Waals surface area (Å²) in [7, 11) is 1.42. The average Bonchev–Trinajstić information content (AvgIpc) is 2.67. The maximum Gasteiger partial charge on any atom is 0.219 e. The number of aliphatic hydroxyl groups excluding tert-OH is 1. The van der Waals surface area contributed by atoms with E-state index in [2.05, 4.69) is 4.98 Å². The Kier molecular flexibility index (Phi) is 7.49. The number of allylic oxidation sites excluding steroid dienone is 2. The lowest BCUT2D eigenvalue weighted by Crippen LogP contribution is -2.40. The van der Waals surface area contributed by atoms with Crippen LogP contribution in [0.1, 0.15) is 58.0 Å². The van der Waals surface area contributed by atoms with Crippen molar-refractivity contribution in [1.29, 1.82) is 0 Å². The molecule has 3 atom stereocenters. The predicted octanol–water partition coefficient (Wildman–Crippen LogP) is 4.10. The molecule has 1 heterocycles. The summed E-state index contributed by atoms with van der Waals surface area (Å²) in [6, 6.07) is 1.68. The number of nitrogens with zero attached hydrogens (tertiary/aromatic N) is 2. The van der Waals surface area contributed by atoms with Crippen molar-refractivity contribution in [3.63, 3.8) is 0 Å². The highest BCUT2D eigenvalue weighted by Gasteiger charge is 2.34. The van der Waals surface area contributed by atoms with Gasteiger partial charge in [-0.3, -0.25) is 9.78 Å². The molecule has 0 fully saturated rings. The van der Waals surface area contributed by atoms with Crippen molar-refractivity contribution >= 4 is 5.91 Å². The molecule has 0 saturated heterocycles. The second-order valence-electron chi connectivity index (χ2n) is 7.58. The second kappa shape index (κ2) is 9.43.